The Labute approximate surface area is 157 Å². The molecule has 0 fully saturated rings. The number of carbonyl (C=O) groups is 1. The molecule has 0 aliphatic rings. The molecular weight excluding hydrogens is 383 g/mol. The van der Waals surface area contributed by atoms with Gasteiger partial charge < -0.3 is 15.0 Å². The van der Waals surface area contributed by atoms with E-state index in [1.807, 2.05) is 6.92 Å². The highest BCUT2D eigenvalue weighted by atomic mass is 32.2. The summed E-state index contributed by atoms with van der Waals surface area (Å²) in [4.78, 5) is 30.6. The van der Waals surface area contributed by atoms with Crippen molar-refractivity contribution in [2.24, 2.45) is 0 Å². The van der Waals surface area contributed by atoms with Gasteiger partial charge >= 0.3 is 5.51 Å². The van der Waals surface area contributed by atoms with Crippen LogP contribution in [0.3, 0.4) is 0 Å². The number of nitrogens with one attached hydrogen (secondary N) is 2. The maximum atomic E-state index is 12.4. The van der Waals surface area contributed by atoms with Crippen LogP contribution < -0.4 is 10.9 Å². The summed E-state index contributed by atoms with van der Waals surface area (Å²) in [7, 11) is 1.43. The second-order valence-electron chi connectivity index (χ2n) is 5.56. The molecule has 27 heavy (non-hydrogen) atoms. The van der Waals surface area contributed by atoms with Gasteiger partial charge in [0.1, 0.15) is 18.1 Å². The van der Waals surface area contributed by atoms with E-state index in [1.54, 1.807) is 0 Å². The number of benzene rings is 1. The molecule has 2 rings (SSSR count). The molecule has 1 atom stereocenters. The predicted octanol–water partition coefficient (Wildman–Crippen LogP) is 3.41. The van der Waals surface area contributed by atoms with Crippen LogP contribution in [-0.4, -0.2) is 28.5 Å². The normalized spacial score (nSPS) is 12.6. The molecule has 1 aromatic carbocycles. The van der Waals surface area contributed by atoms with Gasteiger partial charge in [-0.05, 0) is 35.9 Å². The molecule has 0 spiro atoms. The van der Waals surface area contributed by atoms with Gasteiger partial charge in [0.2, 0.25) is 0 Å². The van der Waals surface area contributed by atoms with Crippen LogP contribution in [0.15, 0.2) is 40.0 Å². The molecule has 146 valence electrons. The van der Waals surface area contributed by atoms with E-state index in [0.29, 0.717) is 12.0 Å². The molecule has 2 aromatic rings. The average Bonchev–Trinajstić information content (AvgIpc) is 2.58. The Kier molecular flexibility index (Phi) is 7.03. The van der Waals surface area contributed by atoms with E-state index in [9.17, 15) is 22.8 Å². The van der Waals surface area contributed by atoms with Crippen LogP contribution in [0.2, 0.25) is 0 Å². The van der Waals surface area contributed by atoms with Crippen LogP contribution >= 0.6 is 11.8 Å². The minimum atomic E-state index is -4.36. The van der Waals surface area contributed by atoms with Gasteiger partial charge in [-0.15, -0.1) is 0 Å². The van der Waals surface area contributed by atoms with E-state index >= 15 is 0 Å². The fourth-order valence-electron chi connectivity index (χ4n) is 2.38. The zero-order valence-corrected chi connectivity index (χ0v) is 15.4. The van der Waals surface area contributed by atoms with Crippen molar-refractivity contribution in [3.05, 3.63) is 57.8 Å². The van der Waals surface area contributed by atoms with E-state index in [0.717, 1.165) is 6.07 Å². The quantitative estimate of drug-likeness (QED) is 0.695. The van der Waals surface area contributed by atoms with Gasteiger partial charge in [0, 0.05) is 18.1 Å². The SMILES string of the molecule is CC[C@@H](NC(=O)c1cc(=O)[nH]c(COC)n1)c1ccc(SC(F)(F)F)cc1. The molecule has 0 aliphatic heterocycles. The minimum absolute atomic E-state index is 0.0475. The predicted molar refractivity (Wildman–Crippen MR) is 94.4 cm³/mol. The highest BCUT2D eigenvalue weighted by molar-refractivity contribution is 8.00. The number of thioether (sulfide) groups is 1. The van der Waals surface area contributed by atoms with Gasteiger partial charge in [0.25, 0.3) is 11.5 Å². The standard InChI is InChI=1S/C17H18F3N3O3S/c1-3-12(10-4-6-11(7-5-10)27-17(18,19)20)22-16(25)13-8-15(24)23-14(21-13)9-26-2/h4-8,12H,3,9H2,1-2H3,(H,22,25)(H,21,23,24)/t12-/m1/s1. The number of rotatable bonds is 7. The third-order valence-corrected chi connectivity index (χ3v) is 4.27. The van der Waals surface area contributed by atoms with Crippen molar-refractivity contribution in [3.63, 3.8) is 0 Å². The Bertz CT molecular complexity index is 838. The number of ether oxygens (including phenoxy) is 1. The first-order chi connectivity index (χ1) is 12.7. The first kappa shape index (κ1) is 21.0. The molecule has 0 saturated carbocycles. The lowest BCUT2D eigenvalue weighted by Gasteiger charge is -2.18. The van der Waals surface area contributed by atoms with Gasteiger partial charge in [-0.3, -0.25) is 9.59 Å². The zero-order valence-electron chi connectivity index (χ0n) is 14.6. The summed E-state index contributed by atoms with van der Waals surface area (Å²) < 4.78 is 42.1. The molecular formula is C17H18F3N3O3S. The number of hydrogen-bond acceptors (Lipinski definition) is 5. The molecule has 6 nitrogen and oxygen atoms in total. The van der Waals surface area contributed by atoms with Crippen molar-refractivity contribution in [2.75, 3.05) is 7.11 Å². The van der Waals surface area contributed by atoms with E-state index in [1.165, 1.54) is 31.4 Å². The van der Waals surface area contributed by atoms with Gasteiger partial charge in [-0.25, -0.2) is 4.98 Å². The molecule has 1 amide bonds. The van der Waals surface area contributed by atoms with Gasteiger partial charge in [0.15, 0.2) is 0 Å². The van der Waals surface area contributed by atoms with Crippen LogP contribution in [0.1, 0.15) is 41.3 Å². The fourth-order valence-corrected chi connectivity index (χ4v) is 2.92. The Hall–Kier alpha value is -2.33. The molecule has 1 heterocycles. The zero-order chi connectivity index (χ0) is 20.0. The first-order valence-corrected chi connectivity index (χ1v) is 8.79. The van der Waals surface area contributed by atoms with Crippen LogP contribution in [0.4, 0.5) is 13.2 Å². The van der Waals surface area contributed by atoms with Gasteiger partial charge in [-0.1, -0.05) is 19.1 Å². The van der Waals surface area contributed by atoms with Crippen molar-refractivity contribution in [2.45, 2.75) is 36.4 Å². The smallest absolute Gasteiger partial charge is 0.377 e. The molecule has 0 bridgehead atoms. The van der Waals surface area contributed by atoms with Crippen molar-refractivity contribution < 1.29 is 22.7 Å². The lowest BCUT2D eigenvalue weighted by molar-refractivity contribution is -0.0328. The highest BCUT2D eigenvalue weighted by Crippen LogP contribution is 2.37. The van der Waals surface area contributed by atoms with Gasteiger partial charge in [-0.2, -0.15) is 13.2 Å². The van der Waals surface area contributed by atoms with Crippen LogP contribution in [0.25, 0.3) is 0 Å². The first-order valence-electron chi connectivity index (χ1n) is 7.97. The van der Waals surface area contributed by atoms with E-state index in [4.69, 9.17) is 4.74 Å². The lowest BCUT2D eigenvalue weighted by atomic mass is 10.0. The highest BCUT2D eigenvalue weighted by Gasteiger charge is 2.29. The van der Waals surface area contributed by atoms with Crippen molar-refractivity contribution in [1.82, 2.24) is 15.3 Å². The number of methoxy groups -OCH3 is 1. The minimum Gasteiger partial charge on any atom is -0.377 e. The molecule has 0 saturated heterocycles. The summed E-state index contributed by atoms with van der Waals surface area (Å²) in [5, 5.41) is 2.74. The molecule has 1 aromatic heterocycles. The number of hydrogen-bond donors (Lipinski definition) is 2. The Morgan fingerprint density at radius 1 is 1.33 bits per heavy atom. The number of H-pyrrole nitrogens is 1. The maximum Gasteiger partial charge on any atom is 0.446 e. The number of halogens is 3. The number of amides is 1. The van der Waals surface area contributed by atoms with Gasteiger partial charge in [0.05, 0.1) is 6.04 Å². The van der Waals surface area contributed by atoms with E-state index in [-0.39, 0.29) is 34.8 Å². The number of carbonyl (C=O) groups excluding carboxylic acids is 1. The number of nitrogens with zero attached hydrogens (tertiary/aromatic N) is 1. The topological polar surface area (TPSA) is 84.1 Å². The molecule has 2 N–H and O–H groups in total. The second kappa shape index (κ2) is 9.05. The average molecular weight is 401 g/mol. The molecule has 0 unspecified atom stereocenters. The van der Waals surface area contributed by atoms with Crippen LogP contribution in [-0.2, 0) is 11.3 Å². The third-order valence-electron chi connectivity index (χ3n) is 3.53. The summed E-state index contributed by atoms with van der Waals surface area (Å²) in [5.74, 6) is -0.337. The maximum absolute atomic E-state index is 12.4. The van der Waals surface area contributed by atoms with Crippen LogP contribution in [0, 0.1) is 0 Å². The molecule has 0 radical (unpaired) electrons. The fraction of sp³-hybridized carbons (Fsp3) is 0.353. The second-order valence-corrected chi connectivity index (χ2v) is 6.70. The number of aromatic amines is 1. The summed E-state index contributed by atoms with van der Waals surface area (Å²) in [5.41, 5.74) is -4.25. The summed E-state index contributed by atoms with van der Waals surface area (Å²) in [6, 6.07) is 6.40. The summed E-state index contributed by atoms with van der Waals surface area (Å²) in [6.45, 7) is 1.87. The summed E-state index contributed by atoms with van der Waals surface area (Å²) >= 11 is -0.200. The number of alkyl halides is 3. The molecule has 0 aliphatic carbocycles. The van der Waals surface area contributed by atoms with Crippen molar-refractivity contribution in [1.29, 1.82) is 0 Å². The summed E-state index contributed by atoms with van der Waals surface area (Å²) in [6.07, 6.45) is 0.506. The third kappa shape index (κ3) is 6.40. The largest absolute Gasteiger partial charge is 0.446 e. The van der Waals surface area contributed by atoms with E-state index < -0.39 is 23.0 Å². The Morgan fingerprint density at radius 3 is 2.56 bits per heavy atom. The monoisotopic (exact) mass is 401 g/mol. The van der Waals surface area contributed by atoms with Crippen LogP contribution in [0.5, 0.6) is 0 Å². The Balaban J connectivity index is 2.14. The van der Waals surface area contributed by atoms with Crippen molar-refractivity contribution >= 4 is 17.7 Å². The molecule has 10 heteroatoms. The number of aromatic nitrogens is 2. The van der Waals surface area contributed by atoms with E-state index in [2.05, 4.69) is 15.3 Å². The van der Waals surface area contributed by atoms with Crippen molar-refractivity contribution in [3.8, 4) is 0 Å². The Morgan fingerprint density at radius 2 is 2.00 bits per heavy atom. The lowest BCUT2D eigenvalue weighted by Crippen LogP contribution is -2.30.